The lowest BCUT2D eigenvalue weighted by atomic mass is 9.94. The second-order valence-corrected chi connectivity index (χ2v) is 9.83. The van der Waals surface area contributed by atoms with Crippen LogP contribution in [-0.2, 0) is 17.7 Å². The molecule has 2 aromatic rings. The zero-order valence-electron chi connectivity index (χ0n) is 19.3. The number of benzene rings is 1. The molecule has 3 aliphatic heterocycles. The van der Waals surface area contributed by atoms with Gasteiger partial charge < -0.3 is 25.2 Å². The molecule has 1 aromatic carbocycles. The molecule has 3 aliphatic rings. The first-order chi connectivity index (χ1) is 16.5. The molecule has 0 aliphatic carbocycles. The van der Waals surface area contributed by atoms with Gasteiger partial charge in [0.05, 0.1) is 23.3 Å². The van der Waals surface area contributed by atoms with Gasteiger partial charge in [-0.3, -0.25) is 0 Å². The van der Waals surface area contributed by atoms with Gasteiger partial charge in [-0.25, -0.2) is 19.2 Å². The number of nitrogens with zero attached hydrogens (tertiary/aromatic N) is 4. The van der Waals surface area contributed by atoms with Crippen LogP contribution in [-0.4, -0.2) is 77.8 Å². The predicted octanol–water partition coefficient (Wildman–Crippen LogP) is 3.03. The van der Waals surface area contributed by atoms with Crippen molar-refractivity contribution in [1.29, 1.82) is 0 Å². The van der Waals surface area contributed by atoms with E-state index in [1.807, 2.05) is 19.3 Å². The Morgan fingerprint density at radius 2 is 2.09 bits per heavy atom. The quantitative estimate of drug-likeness (QED) is 0.688. The molecule has 1 aromatic heterocycles. The third-order valence-electron chi connectivity index (χ3n) is 6.97. The molecule has 0 saturated carbocycles. The maximum absolute atomic E-state index is 14.1. The smallest absolute Gasteiger partial charge is 0.318 e. The van der Waals surface area contributed by atoms with Crippen LogP contribution < -0.4 is 10.6 Å². The van der Waals surface area contributed by atoms with Gasteiger partial charge >= 0.3 is 6.03 Å². The number of anilines is 1. The zero-order valence-corrected chi connectivity index (χ0v) is 20.0. The van der Waals surface area contributed by atoms with E-state index in [9.17, 15) is 9.18 Å². The molecule has 1 unspecified atom stereocenters. The molecule has 2 amide bonds. The Morgan fingerprint density at radius 1 is 1.26 bits per heavy atom. The Morgan fingerprint density at radius 3 is 2.88 bits per heavy atom. The number of carbonyl (C=O) groups is 1. The lowest BCUT2D eigenvalue weighted by Crippen LogP contribution is -2.49. The fourth-order valence-electron chi connectivity index (χ4n) is 5.05. The number of nitrogens with one attached hydrogen (secondary N) is 2. The summed E-state index contributed by atoms with van der Waals surface area (Å²) in [5.41, 5.74) is 2.81. The monoisotopic (exact) mass is 488 g/mol. The molecule has 8 nitrogen and oxygen atoms in total. The Balaban J connectivity index is 1.24. The Hall–Kier alpha value is -2.49. The molecule has 0 radical (unpaired) electrons. The van der Waals surface area contributed by atoms with Crippen LogP contribution in [0.1, 0.15) is 35.6 Å². The van der Waals surface area contributed by atoms with Gasteiger partial charge in [0.25, 0.3) is 0 Å². The first-order valence-electron chi connectivity index (χ1n) is 11.8. The number of rotatable bonds is 4. The van der Waals surface area contributed by atoms with Gasteiger partial charge in [-0.05, 0) is 49.6 Å². The molecule has 2 saturated heterocycles. The predicted molar refractivity (Wildman–Crippen MR) is 128 cm³/mol. The Kier molecular flexibility index (Phi) is 6.85. The molecular formula is C24H30ClFN6O2. The van der Waals surface area contributed by atoms with E-state index >= 15 is 0 Å². The number of fused-ring (bicyclic) bond motifs is 1. The van der Waals surface area contributed by atoms with Gasteiger partial charge in [0.1, 0.15) is 5.82 Å². The van der Waals surface area contributed by atoms with Crippen LogP contribution in [0.25, 0.3) is 0 Å². The van der Waals surface area contributed by atoms with Gasteiger partial charge in [-0.2, -0.15) is 0 Å². The van der Waals surface area contributed by atoms with E-state index in [4.69, 9.17) is 21.3 Å². The molecule has 0 spiro atoms. The van der Waals surface area contributed by atoms with Crippen molar-refractivity contribution < 1.29 is 13.9 Å². The molecule has 2 N–H and O–H groups in total. The van der Waals surface area contributed by atoms with Crippen LogP contribution in [0.4, 0.5) is 15.1 Å². The first-order valence-corrected chi connectivity index (χ1v) is 12.2. The molecule has 182 valence electrons. The summed E-state index contributed by atoms with van der Waals surface area (Å²) in [6.45, 7) is 3.98. The van der Waals surface area contributed by atoms with Crippen molar-refractivity contribution in [2.24, 2.45) is 0 Å². The van der Waals surface area contributed by atoms with Crippen LogP contribution in [0, 0.1) is 5.82 Å². The minimum Gasteiger partial charge on any atom is -0.381 e. The first kappa shape index (κ1) is 23.3. The van der Waals surface area contributed by atoms with E-state index < -0.39 is 5.82 Å². The summed E-state index contributed by atoms with van der Waals surface area (Å²) in [5.74, 6) is 0.168. The number of hydrogen-bond acceptors (Lipinski definition) is 6. The Labute approximate surface area is 203 Å². The van der Waals surface area contributed by atoms with Crippen molar-refractivity contribution in [3.8, 4) is 0 Å². The molecule has 0 bridgehead atoms. The van der Waals surface area contributed by atoms with Crippen LogP contribution in [0.5, 0.6) is 0 Å². The number of ether oxygens (including phenoxy) is 1. The van der Waals surface area contributed by atoms with Crippen molar-refractivity contribution in [2.75, 3.05) is 45.2 Å². The summed E-state index contributed by atoms with van der Waals surface area (Å²) >= 11 is 5.86. The van der Waals surface area contributed by atoms with E-state index in [0.717, 1.165) is 55.8 Å². The molecule has 34 heavy (non-hydrogen) atoms. The van der Waals surface area contributed by atoms with E-state index in [1.165, 1.54) is 6.07 Å². The topological polar surface area (TPSA) is 82.6 Å². The largest absolute Gasteiger partial charge is 0.381 e. The number of likely N-dealkylation sites (N-methyl/N-ethyl adjacent to an activating group) is 1. The number of amides is 2. The van der Waals surface area contributed by atoms with Gasteiger partial charge in [-0.15, -0.1) is 0 Å². The van der Waals surface area contributed by atoms with Crippen LogP contribution >= 0.6 is 11.6 Å². The third-order valence-corrected chi connectivity index (χ3v) is 7.28. The van der Waals surface area contributed by atoms with Gasteiger partial charge in [0.15, 0.2) is 0 Å². The standard InChI is InChI=1S/C24H30ClFN6O2/c1-31-12-18(15-2-3-19(25)20(26)10-15)22(13-31)30-24(33)32-7-4-16-11-27-23(29-21(16)14-32)28-17-5-8-34-9-6-17/h2-3,10-11,17-18,22H,4-9,12-14H2,1H3,(H,30,33)(H,27,28,29)/t18-,22?/m0/s1. The summed E-state index contributed by atoms with van der Waals surface area (Å²) in [7, 11) is 2.01. The van der Waals surface area contributed by atoms with Gasteiger partial charge in [0, 0.05) is 51.0 Å². The second kappa shape index (κ2) is 10.0. The minimum absolute atomic E-state index is 0.00426. The van der Waals surface area contributed by atoms with Crippen molar-refractivity contribution in [1.82, 2.24) is 25.1 Å². The van der Waals surface area contributed by atoms with E-state index in [0.29, 0.717) is 31.6 Å². The molecule has 4 heterocycles. The minimum atomic E-state index is -0.434. The molecule has 5 rings (SSSR count). The number of likely N-dealkylation sites (tertiary alicyclic amines) is 1. The number of urea groups is 1. The maximum atomic E-state index is 14.1. The van der Waals surface area contributed by atoms with Crippen molar-refractivity contribution in [3.05, 3.63) is 52.1 Å². The highest BCUT2D eigenvalue weighted by Crippen LogP contribution is 2.30. The molecule has 2 atom stereocenters. The highest BCUT2D eigenvalue weighted by Gasteiger charge is 2.35. The fourth-order valence-corrected chi connectivity index (χ4v) is 5.17. The summed E-state index contributed by atoms with van der Waals surface area (Å²) in [6, 6.07) is 4.97. The average Bonchev–Trinajstić information content (AvgIpc) is 3.20. The van der Waals surface area contributed by atoms with Crippen molar-refractivity contribution >= 4 is 23.6 Å². The third kappa shape index (κ3) is 5.11. The summed E-state index contributed by atoms with van der Waals surface area (Å²) < 4.78 is 19.5. The van der Waals surface area contributed by atoms with Crippen LogP contribution in [0.3, 0.4) is 0 Å². The summed E-state index contributed by atoms with van der Waals surface area (Å²) in [5, 5.41) is 6.70. The maximum Gasteiger partial charge on any atom is 0.318 e. The van der Waals surface area contributed by atoms with Crippen LogP contribution in [0.2, 0.25) is 5.02 Å². The van der Waals surface area contributed by atoms with Gasteiger partial charge in [0.2, 0.25) is 5.95 Å². The average molecular weight is 489 g/mol. The molecular weight excluding hydrogens is 459 g/mol. The lowest BCUT2D eigenvalue weighted by molar-refractivity contribution is 0.0903. The van der Waals surface area contributed by atoms with Crippen LogP contribution in [0.15, 0.2) is 24.4 Å². The fraction of sp³-hybridized carbons (Fsp3) is 0.542. The highest BCUT2D eigenvalue weighted by molar-refractivity contribution is 6.30. The normalized spacial score (nSPS) is 23.6. The van der Waals surface area contributed by atoms with E-state index in [2.05, 4.69) is 20.5 Å². The zero-order chi connectivity index (χ0) is 23.7. The summed E-state index contributed by atoms with van der Waals surface area (Å²) in [6.07, 6.45) is 4.46. The van der Waals surface area contributed by atoms with Crippen molar-refractivity contribution in [3.63, 3.8) is 0 Å². The van der Waals surface area contributed by atoms with Crippen molar-refractivity contribution in [2.45, 2.75) is 43.8 Å². The summed E-state index contributed by atoms with van der Waals surface area (Å²) in [4.78, 5) is 26.3. The number of aromatic nitrogens is 2. The number of carbonyl (C=O) groups excluding carboxylic acids is 1. The number of hydrogen-bond donors (Lipinski definition) is 2. The van der Waals surface area contributed by atoms with Gasteiger partial charge in [-0.1, -0.05) is 17.7 Å². The highest BCUT2D eigenvalue weighted by atomic mass is 35.5. The lowest BCUT2D eigenvalue weighted by Gasteiger charge is -2.31. The molecule has 2 fully saturated rings. The Bertz CT molecular complexity index is 1050. The molecule has 10 heteroatoms. The van der Waals surface area contributed by atoms with E-state index in [-0.39, 0.29) is 23.0 Å². The number of halogens is 2. The SMILES string of the molecule is CN1CC(NC(=O)N2CCc3cnc(NC4CCOCC4)nc3C2)[C@H](c2ccc(Cl)c(F)c2)C1. The second-order valence-electron chi connectivity index (χ2n) is 9.43. The van der Waals surface area contributed by atoms with E-state index in [1.54, 1.807) is 11.0 Å².